The van der Waals surface area contributed by atoms with E-state index < -0.39 is 0 Å². The van der Waals surface area contributed by atoms with E-state index in [9.17, 15) is 4.79 Å². The molecule has 82 valence electrons. The van der Waals surface area contributed by atoms with Crippen molar-refractivity contribution in [2.75, 3.05) is 26.7 Å². The number of carbonyl (C=O) groups excluding carboxylic acids is 1. The lowest BCUT2D eigenvalue weighted by Crippen LogP contribution is -2.31. The predicted molar refractivity (Wildman–Crippen MR) is 54.9 cm³/mol. The van der Waals surface area contributed by atoms with E-state index in [2.05, 4.69) is 0 Å². The number of ether oxygens (including phenoxy) is 1. The molecule has 1 heterocycles. The predicted octanol–water partition coefficient (Wildman–Crippen LogP) is 0.363. The monoisotopic (exact) mass is 200 g/mol. The van der Waals surface area contributed by atoms with Crippen molar-refractivity contribution in [1.82, 2.24) is 4.90 Å². The second-order valence-corrected chi connectivity index (χ2v) is 3.80. The Hall–Kier alpha value is -0.610. The third-order valence-electron chi connectivity index (χ3n) is 2.55. The van der Waals surface area contributed by atoms with E-state index in [1.165, 1.54) is 0 Å². The highest BCUT2D eigenvalue weighted by molar-refractivity contribution is 5.76. The summed E-state index contributed by atoms with van der Waals surface area (Å²) in [5, 5.41) is 0. The highest BCUT2D eigenvalue weighted by atomic mass is 16.5. The highest BCUT2D eigenvalue weighted by Gasteiger charge is 2.20. The summed E-state index contributed by atoms with van der Waals surface area (Å²) in [6, 6.07) is 0. The van der Waals surface area contributed by atoms with Crippen LogP contribution in [0.2, 0.25) is 0 Å². The molecule has 2 N–H and O–H groups in total. The van der Waals surface area contributed by atoms with Gasteiger partial charge in [-0.2, -0.15) is 0 Å². The number of carbonyl (C=O) groups is 1. The van der Waals surface area contributed by atoms with Gasteiger partial charge in [-0.15, -0.1) is 0 Å². The average molecular weight is 200 g/mol. The molecule has 1 rings (SSSR count). The van der Waals surface area contributed by atoms with E-state index in [4.69, 9.17) is 10.5 Å². The number of nitrogens with zero attached hydrogens (tertiary/aromatic N) is 1. The first-order valence-electron chi connectivity index (χ1n) is 5.29. The van der Waals surface area contributed by atoms with Crippen LogP contribution in [0.1, 0.15) is 25.7 Å². The molecule has 0 aromatic carbocycles. The third-order valence-corrected chi connectivity index (χ3v) is 2.55. The van der Waals surface area contributed by atoms with Gasteiger partial charge in [0.25, 0.3) is 0 Å². The van der Waals surface area contributed by atoms with Gasteiger partial charge < -0.3 is 15.4 Å². The first-order valence-corrected chi connectivity index (χ1v) is 5.29. The van der Waals surface area contributed by atoms with Crippen molar-refractivity contribution in [2.45, 2.75) is 31.8 Å². The topological polar surface area (TPSA) is 55.6 Å². The van der Waals surface area contributed by atoms with Crippen LogP contribution < -0.4 is 5.73 Å². The zero-order valence-electron chi connectivity index (χ0n) is 8.87. The van der Waals surface area contributed by atoms with Gasteiger partial charge in [-0.05, 0) is 25.8 Å². The number of amides is 1. The van der Waals surface area contributed by atoms with Crippen LogP contribution >= 0.6 is 0 Å². The van der Waals surface area contributed by atoms with E-state index in [0.29, 0.717) is 13.0 Å². The summed E-state index contributed by atoms with van der Waals surface area (Å²) in [6.45, 7) is 2.20. The van der Waals surface area contributed by atoms with Crippen molar-refractivity contribution in [2.24, 2.45) is 5.73 Å². The van der Waals surface area contributed by atoms with Gasteiger partial charge in [0.05, 0.1) is 12.5 Å². The van der Waals surface area contributed by atoms with Crippen molar-refractivity contribution in [1.29, 1.82) is 0 Å². The Morgan fingerprint density at radius 3 is 3.00 bits per heavy atom. The quantitative estimate of drug-likeness (QED) is 0.697. The van der Waals surface area contributed by atoms with Crippen LogP contribution in [-0.4, -0.2) is 43.7 Å². The summed E-state index contributed by atoms with van der Waals surface area (Å²) < 4.78 is 5.41. The van der Waals surface area contributed by atoms with Crippen LogP contribution in [0.3, 0.4) is 0 Å². The van der Waals surface area contributed by atoms with E-state index in [1.54, 1.807) is 4.90 Å². The lowest BCUT2D eigenvalue weighted by Gasteiger charge is -2.18. The molecule has 0 saturated carbocycles. The maximum Gasteiger partial charge on any atom is 0.224 e. The van der Waals surface area contributed by atoms with Crippen LogP contribution in [0.15, 0.2) is 0 Å². The Morgan fingerprint density at radius 2 is 2.43 bits per heavy atom. The minimum Gasteiger partial charge on any atom is -0.378 e. The molecule has 1 aliphatic rings. The third kappa shape index (κ3) is 3.64. The van der Waals surface area contributed by atoms with Crippen molar-refractivity contribution in [3.8, 4) is 0 Å². The molecule has 1 amide bonds. The fourth-order valence-corrected chi connectivity index (χ4v) is 1.61. The summed E-state index contributed by atoms with van der Waals surface area (Å²) in [6.07, 6.45) is 3.67. The Balaban J connectivity index is 2.18. The Morgan fingerprint density at radius 1 is 1.64 bits per heavy atom. The molecule has 1 fully saturated rings. The highest BCUT2D eigenvalue weighted by Crippen LogP contribution is 2.15. The fourth-order valence-electron chi connectivity index (χ4n) is 1.61. The summed E-state index contributed by atoms with van der Waals surface area (Å²) in [4.78, 5) is 13.4. The fraction of sp³-hybridized carbons (Fsp3) is 0.900. The molecule has 4 nitrogen and oxygen atoms in total. The molecular weight excluding hydrogens is 180 g/mol. The second kappa shape index (κ2) is 5.98. The van der Waals surface area contributed by atoms with Crippen LogP contribution in [0.25, 0.3) is 0 Å². The molecule has 14 heavy (non-hydrogen) atoms. The average Bonchev–Trinajstić information content (AvgIpc) is 2.66. The molecule has 1 atom stereocenters. The first kappa shape index (κ1) is 11.5. The molecule has 1 unspecified atom stereocenters. The Labute approximate surface area is 85.4 Å². The van der Waals surface area contributed by atoms with Crippen LogP contribution in [0, 0.1) is 0 Å². The van der Waals surface area contributed by atoms with Gasteiger partial charge >= 0.3 is 0 Å². The zero-order chi connectivity index (χ0) is 10.4. The number of nitrogens with two attached hydrogens (primary N) is 1. The van der Waals surface area contributed by atoms with Gasteiger partial charge in [-0.1, -0.05) is 0 Å². The van der Waals surface area contributed by atoms with Gasteiger partial charge in [0.1, 0.15) is 0 Å². The molecular formula is C10H20N2O2. The molecule has 0 bridgehead atoms. The lowest BCUT2D eigenvalue weighted by molar-refractivity contribution is -0.132. The smallest absolute Gasteiger partial charge is 0.224 e. The van der Waals surface area contributed by atoms with Crippen LogP contribution in [-0.2, 0) is 9.53 Å². The van der Waals surface area contributed by atoms with Gasteiger partial charge in [-0.25, -0.2) is 0 Å². The molecule has 0 radical (unpaired) electrons. The van der Waals surface area contributed by atoms with E-state index in [0.717, 1.165) is 32.4 Å². The SMILES string of the molecule is CN(CCCN)C(=O)CC1CCCO1. The van der Waals surface area contributed by atoms with E-state index >= 15 is 0 Å². The summed E-state index contributed by atoms with van der Waals surface area (Å²) in [5.41, 5.74) is 5.38. The molecule has 0 aromatic rings. The molecule has 0 aliphatic carbocycles. The Kier molecular flexibility index (Phi) is 4.90. The normalized spacial score (nSPS) is 21.1. The molecule has 1 saturated heterocycles. The minimum absolute atomic E-state index is 0.155. The van der Waals surface area contributed by atoms with Gasteiger partial charge in [0, 0.05) is 20.2 Å². The van der Waals surface area contributed by atoms with Crippen molar-refractivity contribution >= 4 is 5.91 Å². The Bertz CT molecular complexity index is 179. The second-order valence-electron chi connectivity index (χ2n) is 3.80. The van der Waals surface area contributed by atoms with E-state index in [1.807, 2.05) is 7.05 Å². The van der Waals surface area contributed by atoms with E-state index in [-0.39, 0.29) is 12.0 Å². The van der Waals surface area contributed by atoms with Crippen LogP contribution in [0.4, 0.5) is 0 Å². The molecule has 4 heteroatoms. The summed E-state index contributed by atoms with van der Waals surface area (Å²) >= 11 is 0. The lowest BCUT2D eigenvalue weighted by atomic mass is 10.1. The van der Waals surface area contributed by atoms with Gasteiger partial charge in [-0.3, -0.25) is 4.79 Å². The maximum absolute atomic E-state index is 11.6. The van der Waals surface area contributed by atoms with Gasteiger partial charge in [0.2, 0.25) is 5.91 Å². The number of hydrogen-bond acceptors (Lipinski definition) is 3. The van der Waals surface area contributed by atoms with Crippen LogP contribution in [0.5, 0.6) is 0 Å². The standard InChI is InChI=1S/C10H20N2O2/c1-12(6-3-5-11)10(13)8-9-4-2-7-14-9/h9H,2-8,11H2,1H3. The first-order chi connectivity index (χ1) is 6.74. The van der Waals surface area contributed by atoms with Crippen molar-refractivity contribution in [3.05, 3.63) is 0 Å². The summed E-state index contributed by atoms with van der Waals surface area (Å²) in [7, 11) is 1.83. The number of rotatable bonds is 5. The molecule has 1 aliphatic heterocycles. The zero-order valence-corrected chi connectivity index (χ0v) is 8.87. The maximum atomic E-state index is 11.6. The largest absolute Gasteiger partial charge is 0.378 e. The van der Waals surface area contributed by atoms with Crippen molar-refractivity contribution < 1.29 is 9.53 Å². The molecule has 0 aromatic heterocycles. The minimum atomic E-state index is 0.155. The number of hydrogen-bond donors (Lipinski definition) is 1. The van der Waals surface area contributed by atoms with Gasteiger partial charge in [0.15, 0.2) is 0 Å². The summed E-state index contributed by atoms with van der Waals surface area (Å²) in [5.74, 6) is 0.172. The van der Waals surface area contributed by atoms with Crippen molar-refractivity contribution in [3.63, 3.8) is 0 Å². The molecule has 0 spiro atoms.